The first-order chi connectivity index (χ1) is 17.4. The molecule has 0 atom stereocenters. The van der Waals surface area contributed by atoms with E-state index in [0.717, 1.165) is 16.5 Å². The van der Waals surface area contributed by atoms with Crippen LogP contribution >= 0.6 is 11.6 Å². The number of hydrogen-bond donors (Lipinski definition) is 2. The lowest BCUT2D eigenvalue weighted by molar-refractivity contribution is -0.384. The Labute approximate surface area is 210 Å². The summed E-state index contributed by atoms with van der Waals surface area (Å²) in [5, 5.41) is 32.1. The average Bonchev–Trinajstić information content (AvgIpc) is 3.15. The van der Waals surface area contributed by atoms with Gasteiger partial charge in [-0.05, 0) is 19.1 Å². The number of nitrogens with one attached hydrogen (secondary N) is 2. The van der Waals surface area contributed by atoms with Crippen LogP contribution in [0.1, 0.15) is 18.1 Å². The van der Waals surface area contributed by atoms with Crippen LogP contribution in [0.15, 0.2) is 76.9 Å². The summed E-state index contributed by atoms with van der Waals surface area (Å²) in [4.78, 5) is 21.5. The lowest BCUT2D eigenvalue weighted by Gasteiger charge is -2.06. The summed E-state index contributed by atoms with van der Waals surface area (Å²) < 4.78 is 1.88. The van der Waals surface area contributed by atoms with E-state index in [1.54, 1.807) is 42.6 Å². The molecule has 11 nitrogen and oxygen atoms in total. The molecular formula is C24H20ClN7O4. The van der Waals surface area contributed by atoms with E-state index in [-0.39, 0.29) is 22.7 Å². The van der Waals surface area contributed by atoms with Crippen molar-refractivity contribution in [3.05, 3.63) is 103 Å². The van der Waals surface area contributed by atoms with Gasteiger partial charge in [-0.3, -0.25) is 31.1 Å². The Morgan fingerprint density at radius 2 is 1.42 bits per heavy atom. The highest BCUT2D eigenvalue weighted by atomic mass is 35.5. The highest BCUT2D eigenvalue weighted by Crippen LogP contribution is 2.31. The van der Waals surface area contributed by atoms with E-state index < -0.39 is 9.85 Å². The molecule has 0 radical (unpaired) electrons. The first kappa shape index (κ1) is 24.4. The van der Waals surface area contributed by atoms with Crippen molar-refractivity contribution in [3.8, 4) is 0 Å². The maximum absolute atomic E-state index is 11.2. The highest BCUT2D eigenvalue weighted by Gasteiger charge is 2.17. The number of hydrazone groups is 2. The normalized spacial score (nSPS) is 11.4. The largest absolute Gasteiger partial charge is 0.331 e. The predicted octanol–water partition coefficient (Wildman–Crippen LogP) is 6.02. The van der Waals surface area contributed by atoms with Crippen molar-refractivity contribution < 1.29 is 9.85 Å². The summed E-state index contributed by atoms with van der Waals surface area (Å²) in [6, 6.07) is 18.0. The topological polar surface area (TPSA) is 140 Å². The van der Waals surface area contributed by atoms with E-state index in [1.165, 1.54) is 18.3 Å². The molecule has 0 amide bonds. The molecule has 0 unspecified atom stereocenters. The van der Waals surface area contributed by atoms with Crippen molar-refractivity contribution in [3.63, 3.8) is 0 Å². The minimum Gasteiger partial charge on any atom is -0.331 e. The summed E-state index contributed by atoms with van der Waals surface area (Å²) in [6.07, 6.45) is 3.08. The number of rotatable bonds is 9. The van der Waals surface area contributed by atoms with Crippen LogP contribution in [-0.4, -0.2) is 26.8 Å². The summed E-state index contributed by atoms with van der Waals surface area (Å²) in [7, 11) is 0. The number of anilines is 2. The second-order valence-corrected chi connectivity index (χ2v) is 7.84. The number of nitrogens with zero attached hydrogens (tertiary/aromatic N) is 5. The number of nitro benzene ring substituents is 2. The molecule has 0 spiro atoms. The van der Waals surface area contributed by atoms with E-state index in [0.29, 0.717) is 17.3 Å². The molecular weight excluding hydrogens is 486 g/mol. The number of aromatic nitrogens is 1. The van der Waals surface area contributed by atoms with Crippen LogP contribution in [0, 0.1) is 20.2 Å². The molecule has 0 aliphatic heterocycles. The Bertz CT molecular complexity index is 1510. The maximum atomic E-state index is 11.2. The van der Waals surface area contributed by atoms with Gasteiger partial charge >= 0.3 is 0 Å². The van der Waals surface area contributed by atoms with Gasteiger partial charge in [-0.15, -0.1) is 0 Å². The summed E-state index contributed by atoms with van der Waals surface area (Å²) >= 11 is 6.67. The number of nitro groups is 2. The second-order valence-electron chi connectivity index (χ2n) is 7.48. The van der Waals surface area contributed by atoms with Crippen molar-refractivity contribution in [2.24, 2.45) is 10.2 Å². The molecule has 0 bridgehead atoms. The third-order valence-electron chi connectivity index (χ3n) is 5.37. The third-order valence-corrected chi connectivity index (χ3v) is 5.78. The Kier molecular flexibility index (Phi) is 7.21. The van der Waals surface area contributed by atoms with Crippen LogP contribution in [0.2, 0.25) is 5.15 Å². The number of benzene rings is 3. The van der Waals surface area contributed by atoms with Gasteiger partial charge < -0.3 is 4.57 Å². The van der Waals surface area contributed by atoms with Crippen LogP contribution in [0.3, 0.4) is 0 Å². The molecule has 2 N–H and O–H groups in total. The lowest BCUT2D eigenvalue weighted by atomic mass is 10.1. The van der Waals surface area contributed by atoms with Crippen molar-refractivity contribution in [1.82, 2.24) is 4.57 Å². The summed E-state index contributed by atoms with van der Waals surface area (Å²) in [5.74, 6) is 0. The van der Waals surface area contributed by atoms with Gasteiger partial charge in [-0.2, -0.15) is 10.2 Å². The molecule has 0 aliphatic rings. The Hall–Kier alpha value is -4.77. The minimum absolute atomic E-state index is 0.0857. The van der Waals surface area contributed by atoms with Crippen molar-refractivity contribution in [2.75, 3.05) is 10.9 Å². The zero-order chi connectivity index (χ0) is 25.7. The summed E-state index contributed by atoms with van der Waals surface area (Å²) in [5.41, 5.74) is 7.93. The second kappa shape index (κ2) is 10.7. The molecule has 0 fully saturated rings. The van der Waals surface area contributed by atoms with Gasteiger partial charge in [0.1, 0.15) is 16.5 Å². The number of halogens is 1. The zero-order valence-corrected chi connectivity index (χ0v) is 19.7. The van der Waals surface area contributed by atoms with E-state index >= 15 is 0 Å². The van der Waals surface area contributed by atoms with Crippen molar-refractivity contribution >= 4 is 57.7 Å². The number of aryl methyl sites for hydroxylation is 1. The SMILES string of the molecule is CCn1c(Cl)c(/C=N/Nc2ccccc2[N+](=O)[O-])c2cccc(/C=N/Nc3ccccc3[N+](=O)[O-])c21. The minimum atomic E-state index is -0.489. The molecule has 12 heteroatoms. The first-order valence-corrected chi connectivity index (χ1v) is 11.2. The smallest absolute Gasteiger partial charge is 0.294 e. The van der Waals surface area contributed by atoms with E-state index in [1.807, 2.05) is 29.7 Å². The first-order valence-electron chi connectivity index (χ1n) is 10.8. The zero-order valence-electron chi connectivity index (χ0n) is 19.0. The molecule has 1 aromatic heterocycles. The Morgan fingerprint density at radius 3 is 1.97 bits per heavy atom. The fraction of sp³-hybridized carbons (Fsp3) is 0.0833. The standard InChI is InChI=1S/C24H20ClN7O4/c1-2-30-23-16(14-26-28-19-10-3-5-12-21(19)31(33)34)8-7-9-17(23)18(24(30)25)15-27-29-20-11-4-6-13-22(20)32(35)36/h3-15,28-29H,2H2,1H3/b26-14+,27-15+. The average molecular weight is 506 g/mol. The van der Waals surface area contributed by atoms with Crippen LogP contribution in [0.5, 0.6) is 0 Å². The van der Waals surface area contributed by atoms with Gasteiger partial charge in [0, 0.05) is 35.2 Å². The monoisotopic (exact) mass is 505 g/mol. The van der Waals surface area contributed by atoms with Gasteiger partial charge in [0.05, 0.1) is 27.8 Å². The Balaban J connectivity index is 1.66. The van der Waals surface area contributed by atoms with Crippen LogP contribution < -0.4 is 10.9 Å². The van der Waals surface area contributed by atoms with Gasteiger partial charge in [0.25, 0.3) is 11.4 Å². The van der Waals surface area contributed by atoms with Crippen LogP contribution in [0.4, 0.5) is 22.7 Å². The summed E-state index contributed by atoms with van der Waals surface area (Å²) in [6.45, 7) is 2.50. The number of hydrogen-bond acceptors (Lipinski definition) is 8. The van der Waals surface area contributed by atoms with E-state index in [9.17, 15) is 20.2 Å². The molecule has 0 aliphatic carbocycles. The molecule has 3 aromatic carbocycles. The van der Waals surface area contributed by atoms with Crippen molar-refractivity contribution in [2.45, 2.75) is 13.5 Å². The molecule has 0 saturated heterocycles. The molecule has 36 heavy (non-hydrogen) atoms. The molecule has 182 valence electrons. The molecule has 4 aromatic rings. The maximum Gasteiger partial charge on any atom is 0.294 e. The van der Waals surface area contributed by atoms with Gasteiger partial charge in [-0.1, -0.05) is 54.1 Å². The van der Waals surface area contributed by atoms with Gasteiger partial charge in [0.2, 0.25) is 0 Å². The van der Waals surface area contributed by atoms with E-state index in [2.05, 4.69) is 21.1 Å². The number of para-hydroxylation sites is 5. The Morgan fingerprint density at radius 1 is 0.861 bits per heavy atom. The van der Waals surface area contributed by atoms with Gasteiger partial charge in [0.15, 0.2) is 0 Å². The third kappa shape index (κ3) is 4.86. The predicted molar refractivity (Wildman–Crippen MR) is 141 cm³/mol. The lowest BCUT2D eigenvalue weighted by Crippen LogP contribution is -1.99. The van der Waals surface area contributed by atoms with E-state index in [4.69, 9.17) is 11.6 Å². The van der Waals surface area contributed by atoms with Crippen molar-refractivity contribution in [1.29, 1.82) is 0 Å². The molecule has 0 saturated carbocycles. The quantitative estimate of drug-likeness (QED) is 0.162. The van der Waals surface area contributed by atoms with Crippen LogP contribution in [0.25, 0.3) is 10.9 Å². The molecule has 4 rings (SSSR count). The highest BCUT2D eigenvalue weighted by molar-refractivity contribution is 6.34. The van der Waals surface area contributed by atoms with Crippen LogP contribution in [-0.2, 0) is 6.54 Å². The van der Waals surface area contributed by atoms with Gasteiger partial charge in [-0.25, -0.2) is 0 Å². The number of fused-ring (bicyclic) bond motifs is 1. The fourth-order valence-electron chi connectivity index (χ4n) is 3.75. The fourth-order valence-corrected chi connectivity index (χ4v) is 4.11. The molecule has 1 heterocycles.